The number of thiophene rings is 2. The molecule has 2 heterocycles. The summed E-state index contributed by atoms with van der Waals surface area (Å²) in [7, 11) is 0. The van der Waals surface area contributed by atoms with Gasteiger partial charge in [-0.25, -0.2) is 0 Å². The molecule has 1 atom stereocenters. The van der Waals surface area contributed by atoms with Crippen LogP contribution in [0.5, 0.6) is 0 Å². The van der Waals surface area contributed by atoms with E-state index in [1.54, 1.807) is 22.7 Å². The number of hydrogen-bond donors (Lipinski definition) is 1. The number of nitrogens with one attached hydrogen (secondary N) is 1. The minimum atomic E-state index is 0.474. The summed E-state index contributed by atoms with van der Waals surface area (Å²) in [5.74, 6) is 0. The highest BCUT2D eigenvalue weighted by Gasteiger charge is 2.12. The van der Waals surface area contributed by atoms with Gasteiger partial charge in [-0.3, -0.25) is 0 Å². The molecular weight excluding hydrogens is 314 g/mol. The second kappa shape index (κ2) is 6.69. The predicted molar refractivity (Wildman–Crippen MR) is 81.1 cm³/mol. The third-order valence-electron chi connectivity index (χ3n) is 2.74. The van der Waals surface area contributed by atoms with E-state index >= 15 is 0 Å². The Morgan fingerprint density at radius 1 is 1.41 bits per heavy atom. The van der Waals surface area contributed by atoms with E-state index in [4.69, 9.17) is 0 Å². The molecule has 0 saturated heterocycles. The molecule has 0 bridgehead atoms. The van der Waals surface area contributed by atoms with Gasteiger partial charge in [0.1, 0.15) is 0 Å². The molecule has 2 aromatic heterocycles. The molecule has 0 saturated carbocycles. The molecule has 4 heteroatoms. The van der Waals surface area contributed by atoms with Crippen molar-refractivity contribution in [2.45, 2.75) is 25.8 Å². The summed E-state index contributed by atoms with van der Waals surface area (Å²) < 4.78 is 1.21. The van der Waals surface area contributed by atoms with E-state index in [0.29, 0.717) is 6.04 Å². The fourth-order valence-corrected chi connectivity index (χ4v) is 3.82. The van der Waals surface area contributed by atoms with Crippen LogP contribution >= 0.6 is 38.6 Å². The molecule has 0 spiro atoms. The molecule has 17 heavy (non-hydrogen) atoms. The largest absolute Gasteiger partial charge is 0.310 e. The lowest BCUT2D eigenvalue weighted by Gasteiger charge is -2.16. The third kappa shape index (κ3) is 3.91. The van der Waals surface area contributed by atoms with Crippen molar-refractivity contribution in [3.8, 4) is 0 Å². The number of aryl methyl sites for hydroxylation is 1. The van der Waals surface area contributed by atoms with Crippen LogP contribution < -0.4 is 5.32 Å². The fraction of sp³-hybridized carbons (Fsp3) is 0.385. The molecule has 1 unspecified atom stereocenters. The maximum absolute atomic E-state index is 3.56. The predicted octanol–water partition coefficient (Wildman–Crippen LogP) is 4.86. The second-order valence-electron chi connectivity index (χ2n) is 3.96. The minimum Gasteiger partial charge on any atom is -0.310 e. The smallest absolute Gasteiger partial charge is 0.0701 e. The topological polar surface area (TPSA) is 12.0 Å². The summed E-state index contributed by atoms with van der Waals surface area (Å²) in [5.41, 5.74) is 2.85. The van der Waals surface area contributed by atoms with Crippen LogP contribution in [0, 0.1) is 0 Å². The molecule has 92 valence electrons. The molecule has 0 radical (unpaired) electrons. The van der Waals surface area contributed by atoms with Gasteiger partial charge in [-0.15, -0.1) is 11.3 Å². The molecule has 0 amide bonds. The van der Waals surface area contributed by atoms with Crippen molar-refractivity contribution in [2.24, 2.45) is 0 Å². The first kappa shape index (κ1) is 13.3. The third-order valence-corrected chi connectivity index (χ3v) is 5.00. The Bertz CT molecular complexity index is 436. The van der Waals surface area contributed by atoms with Crippen molar-refractivity contribution >= 4 is 38.6 Å². The zero-order valence-corrected chi connectivity index (χ0v) is 13.0. The van der Waals surface area contributed by atoms with Gasteiger partial charge in [0.25, 0.3) is 0 Å². The lowest BCUT2D eigenvalue weighted by molar-refractivity contribution is 0.517. The Morgan fingerprint density at radius 3 is 2.88 bits per heavy atom. The van der Waals surface area contributed by atoms with E-state index in [-0.39, 0.29) is 0 Å². The van der Waals surface area contributed by atoms with Crippen molar-refractivity contribution in [3.63, 3.8) is 0 Å². The van der Waals surface area contributed by atoms with Crippen LogP contribution in [0.4, 0.5) is 0 Å². The molecule has 0 fully saturated rings. The number of hydrogen-bond acceptors (Lipinski definition) is 3. The van der Waals surface area contributed by atoms with Crippen molar-refractivity contribution in [1.82, 2.24) is 5.32 Å². The summed E-state index contributed by atoms with van der Waals surface area (Å²) in [6.07, 6.45) is 2.31. The summed E-state index contributed by atoms with van der Waals surface area (Å²) in [6, 6.07) is 4.92. The Labute approximate surface area is 119 Å². The van der Waals surface area contributed by atoms with Gasteiger partial charge in [0.05, 0.1) is 3.79 Å². The number of rotatable bonds is 6. The van der Waals surface area contributed by atoms with E-state index in [1.165, 1.54) is 14.9 Å². The summed E-state index contributed by atoms with van der Waals surface area (Å²) in [5, 5.41) is 10.2. The first-order valence-electron chi connectivity index (χ1n) is 5.78. The zero-order chi connectivity index (χ0) is 12.1. The Morgan fingerprint density at radius 2 is 2.29 bits per heavy atom. The average Bonchev–Trinajstić information content (AvgIpc) is 2.95. The molecule has 2 aromatic rings. The Hall–Kier alpha value is -0.160. The van der Waals surface area contributed by atoms with Crippen LogP contribution in [0.15, 0.2) is 32.1 Å². The molecule has 0 aliphatic carbocycles. The van der Waals surface area contributed by atoms with Gasteiger partial charge in [0.2, 0.25) is 0 Å². The zero-order valence-electron chi connectivity index (χ0n) is 9.78. The maximum atomic E-state index is 3.56. The second-order valence-corrected chi connectivity index (χ2v) is 7.04. The van der Waals surface area contributed by atoms with Gasteiger partial charge in [-0.1, -0.05) is 6.92 Å². The quantitative estimate of drug-likeness (QED) is 0.798. The van der Waals surface area contributed by atoms with E-state index in [2.05, 4.69) is 56.4 Å². The van der Waals surface area contributed by atoms with Gasteiger partial charge in [0.15, 0.2) is 0 Å². The molecular formula is C13H16BrNS2. The van der Waals surface area contributed by atoms with E-state index < -0.39 is 0 Å². The molecule has 1 N–H and O–H groups in total. The minimum absolute atomic E-state index is 0.474. The van der Waals surface area contributed by atoms with Gasteiger partial charge in [-0.05, 0) is 74.7 Å². The standard InChI is InChI=1S/C13H16BrNS2/c1-2-15-12(11-7-13(14)17-9-11)4-3-10-5-6-16-8-10/h5-9,12,15H,2-4H2,1H3. The monoisotopic (exact) mass is 329 g/mol. The Balaban J connectivity index is 1.97. The fourth-order valence-electron chi connectivity index (χ4n) is 1.89. The lowest BCUT2D eigenvalue weighted by atomic mass is 10.0. The van der Waals surface area contributed by atoms with E-state index in [9.17, 15) is 0 Å². The molecule has 0 aromatic carbocycles. The molecule has 0 aliphatic heterocycles. The maximum Gasteiger partial charge on any atom is 0.0701 e. The van der Waals surface area contributed by atoms with Crippen LogP contribution in [0.2, 0.25) is 0 Å². The van der Waals surface area contributed by atoms with Crippen molar-refractivity contribution in [1.29, 1.82) is 0 Å². The first-order valence-corrected chi connectivity index (χ1v) is 8.39. The highest BCUT2D eigenvalue weighted by molar-refractivity contribution is 9.11. The van der Waals surface area contributed by atoms with Gasteiger partial charge in [0, 0.05) is 6.04 Å². The summed E-state index contributed by atoms with van der Waals surface area (Å²) in [4.78, 5) is 0. The van der Waals surface area contributed by atoms with Crippen molar-refractivity contribution in [2.75, 3.05) is 6.54 Å². The molecule has 0 aliphatic rings. The normalized spacial score (nSPS) is 12.8. The van der Waals surface area contributed by atoms with Crippen LogP contribution in [0.3, 0.4) is 0 Å². The highest BCUT2D eigenvalue weighted by atomic mass is 79.9. The average molecular weight is 330 g/mol. The van der Waals surface area contributed by atoms with Gasteiger partial charge < -0.3 is 5.32 Å². The van der Waals surface area contributed by atoms with Gasteiger partial charge in [-0.2, -0.15) is 11.3 Å². The van der Waals surface area contributed by atoms with Crippen molar-refractivity contribution in [3.05, 3.63) is 43.2 Å². The molecule has 1 nitrogen and oxygen atoms in total. The number of halogens is 1. The van der Waals surface area contributed by atoms with Gasteiger partial charge >= 0.3 is 0 Å². The van der Waals surface area contributed by atoms with Crippen LogP contribution in [0.25, 0.3) is 0 Å². The van der Waals surface area contributed by atoms with E-state index in [0.717, 1.165) is 19.4 Å². The lowest BCUT2D eigenvalue weighted by Crippen LogP contribution is -2.20. The van der Waals surface area contributed by atoms with Crippen LogP contribution in [0.1, 0.15) is 30.5 Å². The first-order chi connectivity index (χ1) is 8.29. The summed E-state index contributed by atoms with van der Waals surface area (Å²) >= 11 is 7.07. The SMILES string of the molecule is CCNC(CCc1ccsc1)c1csc(Br)c1. The van der Waals surface area contributed by atoms with Crippen molar-refractivity contribution < 1.29 is 0 Å². The molecule has 2 rings (SSSR count). The summed E-state index contributed by atoms with van der Waals surface area (Å²) in [6.45, 7) is 3.18. The van der Waals surface area contributed by atoms with E-state index in [1.807, 2.05) is 0 Å². The van der Waals surface area contributed by atoms with Crippen LogP contribution in [-0.2, 0) is 6.42 Å². The van der Waals surface area contributed by atoms with Crippen LogP contribution in [-0.4, -0.2) is 6.54 Å². The Kier molecular flexibility index (Phi) is 5.22. The highest BCUT2D eigenvalue weighted by Crippen LogP contribution is 2.28.